The monoisotopic (exact) mass is 449 g/mol. The van der Waals surface area contributed by atoms with E-state index in [4.69, 9.17) is 11.6 Å². The van der Waals surface area contributed by atoms with Crippen molar-refractivity contribution in [1.29, 1.82) is 0 Å². The van der Waals surface area contributed by atoms with Crippen LogP contribution in [-0.4, -0.2) is 39.6 Å². The zero-order valence-corrected chi connectivity index (χ0v) is 18.7. The first-order chi connectivity index (χ1) is 14.1. The van der Waals surface area contributed by atoms with E-state index in [-0.39, 0.29) is 5.91 Å². The number of halogens is 1. The second kappa shape index (κ2) is 8.65. The number of amides is 2. The minimum Gasteiger partial charge on any atom is -0.324 e. The van der Waals surface area contributed by atoms with Gasteiger partial charge in [-0.25, -0.2) is 8.42 Å². The van der Waals surface area contributed by atoms with Crippen molar-refractivity contribution in [2.75, 3.05) is 33.9 Å². The molecular weight excluding hydrogens is 426 g/mol. The van der Waals surface area contributed by atoms with Crippen LogP contribution in [0.2, 0.25) is 5.02 Å². The fraction of sp³-hybridized carbons (Fsp3) is 0.333. The molecule has 0 atom stereocenters. The molecule has 7 nitrogen and oxygen atoms in total. The van der Waals surface area contributed by atoms with Crippen molar-refractivity contribution in [1.82, 2.24) is 0 Å². The van der Waals surface area contributed by atoms with Gasteiger partial charge in [-0.05, 0) is 55.7 Å². The topological polar surface area (TPSA) is 86.8 Å². The van der Waals surface area contributed by atoms with Crippen LogP contribution in [0.4, 0.5) is 17.1 Å². The molecule has 3 rings (SSSR count). The molecule has 0 bridgehead atoms. The average Bonchev–Trinajstić information content (AvgIpc) is 3.09. The maximum absolute atomic E-state index is 12.7. The van der Waals surface area contributed by atoms with Gasteiger partial charge in [0.05, 0.1) is 11.9 Å². The fourth-order valence-electron chi connectivity index (χ4n) is 3.46. The lowest BCUT2D eigenvalue weighted by Crippen LogP contribution is -2.38. The highest BCUT2D eigenvalue weighted by atomic mass is 35.5. The molecule has 2 aromatic carbocycles. The van der Waals surface area contributed by atoms with E-state index in [0.29, 0.717) is 34.9 Å². The van der Waals surface area contributed by atoms with Crippen LogP contribution >= 0.6 is 11.6 Å². The van der Waals surface area contributed by atoms with Crippen molar-refractivity contribution >= 4 is 50.5 Å². The van der Waals surface area contributed by atoms with E-state index < -0.39 is 22.5 Å². The maximum atomic E-state index is 12.7. The molecule has 160 valence electrons. The van der Waals surface area contributed by atoms with Gasteiger partial charge in [0.2, 0.25) is 21.8 Å². The Morgan fingerprint density at radius 2 is 1.97 bits per heavy atom. The Labute approximate surface area is 181 Å². The zero-order chi connectivity index (χ0) is 22.1. The van der Waals surface area contributed by atoms with Gasteiger partial charge in [-0.3, -0.25) is 13.9 Å². The summed E-state index contributed by atoms with van der Waals surface area (Å²) in [7, 11) is -3.72. The standard InChI is InChI=1S/C21H24ClN3O4S/c1-14-9-10-16(12-19(14)24-11-5-8-21(24)27)23-20(26)13-25(30(3,28)29)18-7-4-6-17(22)15(18)2/h4,6-7,9-10,12H,5,8,11,13H2,1-3H3,(H,23,26). The molecule has 0 aliphatic carbocycles. The molecule has 1 fully saturated rings. The van der Waals surface area contributed by atoms with Crippen molar-refractivity contribution < 1.29 is 18.0 Å². The number of hydrogen-bond acceptors (Lipinski definition) is 4. The van der Waals surface area contributed by atoms with Crippen molar-refractivity contribution in [2.45, 2.75) is 26.7 Å². The number of anilines is 3. The first kappa shape index (κ1) is 22.1. The number of rotatable bonds is 6. The van der Waals surface area contributed by atoms with Crippen LogP contribution < -0.4 is 14.5 Å². The Morgan fingerprint density at radius 1 is 1.23 bits per heavy atom. The lowest BCUT2D eigenvalue weighted by Gasteiger charge is -2.24. The predicted molar refractivity (Wildman–Crippen MR) is 120 cm³/mol. The smallest absolute Gasteiger partial charge is 0.245 e. The molecule has 0 aromatic heterocycles. The van der Waals surface area contributed by atoms with Crippen LogP contribution in [0.5, 0.6) is 0 Å². The lowest BCUT2D eigenvalue weighted by atomic mass is 10.1. The summed E-state index contributed by atoms with van der Waals surface area (Å²) in [5.74, 6) is -0.441. The van der Waals surface area contributed by atoms with Crippen LogP contribution in [-0.2, 0) is 19.6 Å². The lowest BCUT2D eigenvalue weighted by molar-refractivity contribution is -0.117. The zero-order valence-electron chi connectivity index (χ0n) is 17.1. The number of carbonyl (C=O) groups is 2. The van der Waals surface area contributed by atoms with Gasteiger partial charge in [0.25, 0.3) is 0 Å². The SMILES string of the molecule is Cc1ccc(NC(=O)CN(c2cccc(Cl)c2C)S(C)(=O)=O)cc1N1CCCC1=O. The molecule has 1 saturated heterocycles. The Balaban J connectivity index is 1.83. The van der Waals surface area contributed by atoms with Gasteiger partial charge in [-0.2, -0.15) is 0 Å². The number of nitrogens with one attached hydrogen (secondary N) is 1. The van der Waals surface area contributed by atoms with Crippen LogP contribution in [0.3, 0.4) is 0 Å². The number of sulfonamides is 1. The number of nitrogens with zero attached hydrogens (tertiary/aromatic N) is 2. The highest BCUT2D eigenvalue weighted by Gasteiger charge is 2.25. The molecular formula is C21H24ClN3O4S. The van der Waals surface area contributed by atoms with Crippen molar-refractivity contribution in [3.63, 3.8) is 0 Å². The fourth-order valence-corrected chi connectivity index (χ4v) is 4.54. The third kappa shape index (κ3) is 4.76. The maximum Gasteiger partial charge on any atom is 0.245 e. The second-order valence-corrected chi connectivity index (χ2v) is 9.67. The Bertz CT molecular complexity index is 1100. The number of aryl methyl sites for hydroxylation is 1. The molecule has 0 radical (unpaired) electrons. The molecule has 2 amide bonds. The minimum atomic E-state index is -3.72. The van der Waals surface area contributed by atoms with Gasteiger partial charge in [-0.1, -0.05) is 23.7 Å². The normalized spacial score (nSPS) is 14.1. The first-order valence-corrected chi connectivity index (χ1v) is 11.7. The minimum absolute atomic E-state index is 0.0567. The van der Waals surface area contributed by atoms with E-state index in [0.717, 1.165) is 28.2 Å². The summed E-state index contributed by atoms with van der Waals surface area (Å²) in [6.45, 7) is 3.85. The molecule has 1 N–H and O–H groups in total. The van der Waals surface area contributed by atoms with E-state index in [1.165, 1.54) is 0 Å². The van der Waals surface area contributed by atoms with Gasteiger partial charge in [0, 0.05) is 29.4 Å². The van der Waals surface area contributed by atoms with Crippen LogP contribution in [0.1, 0.15) is 24.0 Å². The highest BCUT2D eigenvalue weighted by molar-refractivity contribution is 7.92. The Morgan fingerprint density at radius 3 is 2.60 bits per heavy atom. The van der Waals surface area contributed by atoms with E-state index >= 15 is 0 Å². The summed E-state index contributed by atoms with van der Waals surface area (Å²) < 4.78 is 25.7. The largest absolute Gasteiger partial charge is 0.324 e. The van der Waals surface area contributed by atoms with E-state index in [1.807, 2.05) is 13.0 Å². The summed E-state index contributed by atoms with van der Waals surface area (Å²) in [6, 6.07) is 10.2. The third-order valence-electron chi connectivity index (χ3n) is 5.05. The van der Waals surface area contributed by atoms with Gasteiger partial charge >= 0.3 is 0 Å². The first-order valence-electron chi connectivity index (χ1n) is 9.51. The molecule has 1 aliphatic heterocycles. The highest BCUT2D eigenvalue weighted by Crippen LogP contribution is 2.30. The summed E-state index contributed by atoms with van der Waals surface area (Å²) in [5.41, 5.74) is 3.10. The summed E-state index contributed by atoms with van der Waals surface area (Å²) in [4.78, 5) is 26.5. The molecule has 0 unspecified atom stereocenters. The van der Waals surface area contributed by atoms with E-state index in [1.54, 1.807) is 42.2 Å². The Kier molecular flexibility index (Phi) is 6.38. The van der Waals surface area contributed by atoms with Crippen LogP contribution in [0, 0.1) is 13.8 Å². The van der Waals surface area contributed by atoms with Crippen LogP contribution in [0.25, 0.3) is 0 Å². The second-order valence-electron chi connectivity index (χ2n) is 7.35. The molecule has 1 aliphatic rings. The van der Waals surface area contributed by atoms with E-state index in [9.17, 15) is 18.0 Å². The quantitative estimate of drug-likeness (QED) is 0.731. The molecule has 0 spiro atoms. The molecule has 30 heavy (non-hydrogen) atoms. The van der Waals surface area contributed by atoms with Gasteiger partial charge in [-0.15, -0.1) is 0 Å². The van der Waals surface area contributed by atoms with Crippen LogP contribution in [0.15, 0.2) is 36.4 Å². The average molecular weight is 450 g/mol. The predicted octanol–water partition coefficient (Wildman–Crippen LogP) is 3.49. The summed E-state index contributed by atoms with van der Waals surface area (Å²) >= 11 is 6.13. The Hall–Kier alpha value is -2.58. The van der Waals surface area contributed by atoms with Crippen molar-refractivity contribution in [3.05, 3.63) is 52.5 Å². The van der Waals surface area contributed by atoms with Gasteiger partial charge in [0.1, 0.15) is 6.54 Å². The van der Waals surface area contributed by atoms with Crippen molar-refractivity contribution in [2.24, 2.45) is 0 Å². The third-order valence-corrected chi connectivity index (χ3v) is 6.59. The van der Waals surface area contributed by atoms with Gasteiger partial charge in [0.15, 0.2) is 0 Å². The van der Waals surface area contributed by atoms with Gasteiger partial charge < -0.3 is 10.2 Å². The molecule has 9 heteroatoms. The number of hydrogen-bond donors (Lipinski definition) is 1. The summed E-state index contributed by atoms with van der Waals surface area (Å²) in [6.07, 6.45) is 2.36. The number of benzene rings is 2. The molecule has 2 aromatic rings. The number of carbonyl (C=O) groups excluding carboxylic acids is 2. The summed E-state index contributed by atoms with van der Waals surface area (Å²) in [5, 5.41) is 3.15. The van der Waals surface area contributed by atoms with Crippen molar-refractivity contribution in [3.8, 4) is 0 Å². The molecule has 0 saturated carbocycles. The van der Waals surface area contributed by atoms with E-state index in [2.05, 4.69) is 5.32 Å². The molecule has 1 heterocycles.